The molecule has 2 amide bonds. The fourth-order valence-electron chi connectivity index (χ4n) is 3.14. The smallest absolute Gasteiger partial charge is 0.314 e. The second-order valence-corrected chi connectivity index (χ2v) is 7.17. The van der Waals surface area contributed by atoms with Crippen molar-refractivity contribution >= 4 is 17.5 Å². The average Bonchev–Trinajstić information content (AvgIpc) is 3.01. The van der Waals surface area contributed by atoms with E-state index in [1.807, 2.05) is 0 Å². The van der Waals surface area contributed by atoms with Crippen LogP contribution in [0.3, 0.4) is 0 Å². The van der Waals surface area contributed by atoms with Gasteiger partial charge in [0.2, 0.25) is 11.9 Å². The molecular formula is C18H18F5N5O2. The fourth-order valence-corrected chi connectivity index (χ4v) is 3.14. The number of pyridine rings is 1. The molecule has 2 atom stereocenters. The Morgan fingerprint density at radius 3 is 2.50 bits per heavy atom. The van der Waals surface area contributed by atoms with E-state index < -0.39 is 48.3 Å². The SMILES string of the molecule is C[C@H]1Cn2ncc(C(=O)C[C@H](C)C(F)(F)F)c2CN1C(=O)Nc1cc(F)nc(F)c1. The topological polar surface area (TPSA) is 80.1 Å². The van der Waals surface area contributed by atoms with Crippen molar-refractivity contribution in [3.8, 4) is 0 Å². The van der Waals surface area contributed by atoms with Crippen LogP contribution in [0.4, 0.5) is 32.4 Å². The molecule has 0 aromatic carbocycles. The monoisotopic (exact) mass is 431 g/mol. The summed E-state index contributed by atoms with van der Waals surface area (Å²) in [6, 6.07) is 0.591. The van der Waals surface area contributed by atoms with Crippen molar-refractivity contribution in [3.05, 3.63) is 41.5 Å². The van der Waals surface area contributed by atoms with Crippen molar-refractivity contribution in [1.82, 2.24) is 19.7 Å². The summed E-state index contributed by atoms with van der Waals surface area (Å²) in [7, 11) is 0. The lowest BCUT2D eigenvalue weighted by atomic mass is 9.99. The highest BCUT2D eigenvalue weighted by Crippen LogP contribution is 2.30. The number of halogens is 5. The minimum atomic E-state index is -4.50. The number of hydrogen-bond donors (Lipinski definition) is 1. The Morgan fingerprint density at radius 1 is 1.27 bits per heavy atom. The Balaban J connectivity index is 1.78. The second-order valence-electron chi connectivity index (χ2n) is 7.17. The van der Waals surface area contributed by atoms with Gasteiger partial charge in [0.05, 0.1) is 48.2 Å². The Hall–Kier alpha value is -3.05. The van der Waals surface area contributed by atoms with Crippen LogP contribution >= 0.6 is 0 Å². The zero-order valence-electron chi connectivity index (χ0n) is 16.0. The highest BCUT2D eigenvalue weighted by Gasteiger charge is 2.38. The van der Waals surface area contributed by atoms with Gasteiger partial charge < -0.3 is 10.2 Å². The number of fused-ring (bicyclic) bond motifs is 1. The van der Waals surface area contributed by atoms with Crippen molar-refractivity contribution in [2.45, 2.75) is 45.6 Å². The molecule has 0 aliphatic carbocycles. The summed E-state index contributed by atoms with van der Waals surface area (Å²) in [5, 5.41) is 6.40. The van der Waals surface area contributed by atoms with Gasteiger partial charge in [-0.3, -0.25) is 9.48 Å². The maximum atomic E-state index is 13.2. The largest absolute Gasteiger partial charge is 0.391 e. The molecule has 7 nitrogen and oxygen atoms in total. The Morgan fingerprint density at radius 2 is 1.90 bits per heavy atom. The van der Waals surface area contributed by atoms with Crippen LogP contribution in [-0.4, -0.2) is 43.7 Å². The van der Waals surface area contributed by atoms with Crippen LogP contribution in [0.15, 0.2) is 18.3 Å². The summed E-state index contributed by atoms with van der Waals surface area (Å²) in [6.07, 6.45) is -4.04. The molecule has 0 saturated heterocycles. The van der Waals surface area contributed by atoms with Gasteiger partial charge in [-0.2, -0.15) is 32.0 Å². The molecule has 0 bridgehead atoms. The van der Waals surface area contributed by atoms with Crippen LogP contribution in [0.5, 0.6) is 0 Å². The van der Waals surface area contributed by atoms with Gasteiger partial charge in [0.1, 0.15) is 0 Å². The third kappa shape index (κ3) is 4.57. The van der Waals surface area contributed by atoms with Crippen LogP contribution in [-0.2, 0) is 13.1 Å². The van der Waals surface area contributed by atoms with E-state index in [2.05, 4.69) is 15.4 Å². The summed E-state index contributed by atoms with van der Waals surface area (Å²) < 4.78 is 66.3. The summed E-state index contributed by atoms with van der Waals surface area (Å²) >= 11 is 0. The number of rotatable bonds is 4. The first-order chi connectivity index (χ1) is 14.0. The third-order valence-electron chi connectivity index (χ3n) is 4.86. The van der Waals surface area contributed by atoms with Crippen molar-refractivity contribution in [2.24, 2.45) is 5.92 Å². The normalized spacial score (nSPS) is 17.4. The van der Waals surface area contributed by atoms with Crippen LogP contribution < -0.4 is 5.32 Å². The number of alkyl halides is 3. The van der Waals surface area contributed by atoms with E-state index in [1.165, 1.54) is 15.8 Å². The highest BCUT2D eigenvalue weighted by atomic mass is 19.4. The molecule has 0 unspecified atom stereocenters. The minimum Gasteiger partial charge on any atom is -0.314 e. The average molecular weight is 431 g/mol. The van der Waals surface area contributed by atoms with Crippen molar-refractivity contribution in [3.63, 3.8) is 0 Å². The first-order valence-electron chi connectivity index (χ1n) is 9.01. The van der Waals surface area contributed by atoms with Gasteiger partial charge in [0.25, 0.3) is 0 Å². The number of Topliss-reactive ketones (excluding diaryl/α,β-unsaturated/α-hetero) is 1. The number of urea groups is 1. The molecule has 0 spiro atoms. The van der Waals surface area contributed by atoms with Gasteiger partial charge in [-0.15, -0.1) is 0 Å². The van der Waals surface area contributed by atoms with Crippen LogP contribution in [0, 0.1) is 17.8 Å². The first-order valence-corrected chi connectivity index (χ1v) is 9.01. The number of carbonyl (C=O) groups excluding carboxylic acids is 2. The maximum absolute atomic E-state index is 13.2. The molecule has 0 saturated carbocycles. The lowest BCUT2D eigenvalue weighted by Gasteiger charge is -2.34. The van der Waals surface area contributed by atoms with Crippen molar-refractivity contribution < 1.29 is 31.5 Å². The van der Waals surface area contributed by atoms with E-state index in [-0.39, 0.29) is 24.3 Å². The Labute approximate surface area is 167 Å². The van der Waals surface area contributed by atoms with Crippen LogP contribution in [0.25, 0.3) is 0 Å². The Bertz CT molecular complexity index is 954. The van der Waals surface area contributed by atoms with Gasteiger partial charge in [-0.1, -0.05) is 6.92 Å². The fraction of sp³-hybridized carbons (Fsp3) is 0.444. The van der Waals surface area contributed by atoms with Crippen LogP contribution in [0.1, 0.15) is 36.3 Å². The Kier molecular flexibility index (Phi) is 5.77. The van der Waals surface area contributed by atoms with E-state index >= 15 is 0 Å². The number of nitrogens with one attached hydrogen (secondary N) is 1. The predicted octanol–water partition coefficient (Wildman–Crippen LogP) is 3.76. The summed E-state index contributed by atoms with van der Waals surface area (Å²) in [5.74, 6) is -4.77. The molecular weight excluding hydrogens is 413 g/mol. The summed E-state index contributed by atoms with van der Waals surface area (Å²) in [5.41, 5.74) is 0.165. The zero-order chi connectivity index (χ0) is 22.2. The molecule has 30 heavy (non-hydrogen) atoms. The quantitative estimate of drug-likeness (QED) is 0.454. The number of carbonyl (C=O) groups is 2. The molecule has 3 rings (SSSR count). The molecule has 2 aromatic rings. The number of amides is 2. The highest BCUT2D eigenvalue weighted by molar-refractivity contribution is 5.97. The standard InChI is InChI=1S/C18H18F5N5O2/c1-9(18(21,22)23)3-14(29)12-6-24-28-7-10(2)27(8-13(12)28)17(30)25-11-4-15(19)26-16(20)5-11/h4-6,9-10H,3,7-8H2,1-2H3,(H,25,26,30)/t9-,10-/m0/s1. The van der Waals surface area contributed by atoms with Crippen LogP contribution in [0.2, 0.25) is 0 Å². The number of aromatic nitrogens is 3. The maximum Gasteiger partial charge on any atom is 0.391 e. The third-order valence-corrected chi connectivity index (χ3v) is 4.86. The lowest BCUT2D eigenvalue weighted by molar-refractivity contribution is -0.168. The molecule has 3 heterocycles. The first kappa shape index (κ1) is 21.7. The van der Waals surface area contributed by atoms with E-state index in [1.54, 1.807) is 6.92 Å². The molecule has 0 radical (unpaired) electrons. The number of hydrogen-bond acceptors (Lipinski definition) is 4. The number of anilines is 1. The van der Waals surface area contributed by atoms with E-state index in [0.717, 1.165) is 19.1 Å². The van der Waals surface area contributed by atoms with E-state index in [0.29, 0.717) is 5.69 Å². The molecule has 12 heteroatoms. The molecule has 1 N–H and O–H groups in total. The minimum absolute atomic E-state index is 0.0109. The molecule has 1 aliphatic heterocycles. The second kappa shape index (κ2) is 8.00. The van der Waals surface area contributed by atoms with Crippen molar-refractivity contribution in [1.29, 1.82) is 0 Å². The zero-order valence-corrected chi connectivity index (χ0v) is 16.0. The molecule has 1 aliphatic rings. The number of ketones is 1. The van der Waals surface area contributed by atoms with Gasteiger partial charge in [0, 0.05) is 18.6 Å². The van der Waals surface area contributed by atoms with Gasteiger partial charge >= 0.3 is 12.2 Å². The van der Waals surface area contributed by atoms with E-state index in [9.17, 15) is 31.5 Å². The van der Waals surface area contributed by atoms with Crippen molar-refractivity contribution in [2.75, 3.05) is 5.32 Å². The summed E-state index contributed by atoms with van der Waals surface area (Å²) in [4.78, 5) is 29.2. The van der Waals surface area contributed by atoms with Gasteiger partial charge in [-0.25, -0.2) is 4.79 Å². The molecule has 0 fully saturated rings. The molecule has 162 valence electrons. The lowest BCUT2D eigenvalue weighted by Crippen LogP contribution is -2.47. The van der Waals surface area contributed by atoms with E-state index in [4.69, 9.17) is 0 Å². The predicted molar refractivity (Wildman–Crippen MR) is 94.6 cm³/mol. The van der Waals surface area contributed by atoms with Gasteiger partial charge in [0.15, 0.2) is 5.78 Å². The molecule has 2 aromatic heterocycles. The summed E-state index contributed by atoms with van der Waals surface area (Å²) in [6.45, 7) is 2.71. The van der Waals surface area contributed by atoms with Gasteiger partial charge in [-0.05, 0) is 6.92 Å². The number of nitrogens with zero attached hydrogens (tertiary/aromatic N) is 4.